The summed E-state index contributed by atoms with van der Waals surface area (Å²) < 4.78 is 0. The Bertz CT molecular complexity index is 417. The van der Waals surface area contributed by atoms with Crippen LogP contribution in [0.25, 0.3) is 0 Å². The van der Waals surface area contributed by atoms with E-state index in [0.29, 0.717) is 18.4 Å². The highest BCUT2D eigenvalue weighted by Crippen LogP contribution is 2.21. The maximum absolute atomic E-state index is 12.3. The Morgan fingerprint density at radius 1 is 1.22 bits per heavy atom. The summed E-state index contributed by atoms with van der Waals surface area (Å²) in [6, 6.07) is 7.88. The quantitative estimate of drug-likeness (QED) is 0.762. The van der Waals surface area contributed by atoms with Crippen molar-refractivity contribution in [3.63, 3.8) is 0 Å². The molecule has 2 unspecified atom stereocenters. The lowest BCUT2D eigenvalue weighted by Crippen LogP contribution is -2.41. The van der Waals surface area contributed by atoms with E-state index >= 15 is 0 Å². The number of Topliss-reactive ketones (excluding diaryl/α,β-unsaturated/α-hetero) is 1. The summed E-state index contributed by atoms with van der Waals surface area (Å²) in [6.45, 7) is 9.25. The predicted molar refractivity (Wildman–Crippen MR) is 74.9 cm³/mol. The van der Waals surface area contributed by atoms with Crippen LogP contribution in [0.3, 0.4) is 0 Å². The molecule has 1 aliphatic heterocycles. The highest BCUT2D eigenvalue weighted by molar-refractivity contribution is 5.98. The summed E-state index contributed by atoms with van der Waals surface area (Å²) >= 11 is 0. The first-order valence-electron chi connectivity index (χ1n) is 6.87. The third-order valence-corrected chi connectivity index (χ3v) is 3.76. The smallest absolute Gasteiger partial charge is 0.177 e. The maximum atomic E-state index is 12.3. The van der Waals surface area contributed by atoms with Crippen LogP contribution in [0.15, 0.2) is 24.3 Å². The Morgan fingerprint density at radius 3 is 2.44 bits per heavy atom. The van der Waals surface area contributed by atoms with Crippen molar-refractivity contribution in [2.45, 2.75) is 27.2 Å². The molecule has 0 N–H and O–H groups in total. The van der Waals surface area contributed by atoms with Gasteiger partial charge < -0.3 is 0 Å². The molecule has 0 bridgehead atoms. The fraction of sp³-hybridized carbons (Fsp3) is 0.562. The number of benzene rings is 1. The van der Waals surface area contributed by atoms with Crippen LogP contribution in [-0.4, -0.2) is 30.3 Å². The minimum absolute atomic E-state index is 0.259. The average Bonchev–Trinajstić information content (AvgIpc) is 2.27. The van der Waals surface area contributed by atoms with Gasteiger partial charge in [0.25, 0.3) is 0 Å². The molecule has 1 aromatic rings. The second-order valence-electron chi connectivity index (χ2n) is 5.88. The first-order valence-corrected chi connectivity index (χ1v) is 6.87. The van der Waals surface area contributed by atoms with Gasteiger partial charge in [-0.05, 0) is 30.7 Å². The zero-order chi connectivity index (χ0) is 13.1. The Hall–Kier alpha value is -1.15. The number of hydrogen-bond donors (Lipinski definition) is 0. The van der Waals surface area contributed by atoms with E-state index in [-0.39, 0.29) is 5.78 Å². The molecule has 2 heteroatoms. The molecule has 0 saturated carbocycles. The number of aryl methyl sites for hydroxylation is 1. The molecule has 18 heavy (non-hydrogen) atoms. The first-order chi connectivity index (χ1) is 8.56. The van der Waals surface area contributed by atoms with Gasteiger partial charge in [-0.3, -0.25) is 9.69 Å². The molecule has 1 fully saturated rings. The number of ketones is 1. The van der Waals surface area contributed by atoms with E-state index in [2.05, 4.69) is 18.7 Å². The Balaban J connectivity index is 2.01. The standard InChI is InChI=1S/C16H23NO/c1-12-8-13(2)10-17(9-12)11-16(18)15-7-5-4-6-14(15)3/h4-7,12-13H,8-11H2,1-3H3. The summed E-state index contributed by atoms with van der Waals surface area (Å²) in [5.74, 6) is 1.67. The van der Waals surface area contributed by atoms with Gasteiger partial charge in [0.1, 0.15) is 0 Å². The van der Waals surface area contributed by atoms with E-state index < -0.39 is 0 Å². The van der Waals surface area contributed by atoms with Crippen molar-refractivity contribution < 1.29 is 4.79 Å². The summed E-state index contributed by atoms with van der Waals surface area (Å²) in [6.07, 6.45) is 1.29. The number of hydrogen-bond acceptors (Lipinski definition) is 2. The molecule has 1 saturated heterocycles. The summed E-state index contributed by atoms with van der Waals surface area (Å²) in [5, 5.41) is 0. The second kappa shape index (κ2) is 5.66. The van der Waals surface area contributed by atoms with Crippen LogP contribution in [0.1, 0.15) is 36.2 Å². The largest absolute Gasteiger partial charge is 0.295 e. The number of piperidine rings is 1. The fourth-order valence-corrected chi connectivity index (χ4v) is 3.10. The van der Waals surface area contributed by atoms with Crippen LogP contribution in [0.5, 0.6) is 0 Å². The molecule has 0 radical (unpaired) electrons. The van der Waals surface area contributed by atoms with Crippen molar-refractivity contribution in [3.8, 4) is 0 Å². The predicted octanol–water partition coefficient (Wildman–Crippen LogP) is 3.16. The topological polar surface area (TPSA) is 20.3 Å². The van der Waals surface area contributed by atoms with Gasteiger partial charge in [-0.1, -0.05) is 38.1 Å². The van der Waals surface area contributed by atoms with Crippen LogP contribution < -0.4 is 0 Å². The van der Waals surface area contributed by atoms with E-state index in [4.69, 9.17) is 0 Å². The lowest BCUT2D eigenvalue weighted by atomic mass is 9.91. The zero-order valence-electron chi connectivity index (χ0n) is 11.6. The van der Waals surface area contributed by atoms with Crippen molar-refractivity contribution in [1.82, 2.24) is 4.90 Å². The lowest BCUT2D eigenvalue weighted by molar-refractivity contribution is 0.0849. The van der Waals surface area contributed by atoms with Crippen LogP contribution in [0.4, 0.5) is 0 Å². The molecule has 0 spiro atoms. The van der Waals surface area contributed by atoms with Crippen molar-refractivity contribution in [1.29, 1.82) is 0 Å². The average molecular weight is 245 g/mol. The van der Waals surface area contributed by atoms with Crippen molar-refractivity contribution in [2.75, 3.05) is 19.6 Å². The van der Waals surface area contributed by atoms with Gasteiger partial charge in [-0.25, -0.2) is 0 Å². The van der Waals surface area contributed by atoms with E-state index in [1.807, 2.05) is 31.2 Å². The van der Waals surface area contributed by atoms with Crippen molar-refractivity contribution in [2.24, 2.45) is 11.8 Å². The third kappa shape index (κ3) is 3.20. The molecule has 0 amide bonds. The van der Waals surface area contributed by atoms with Crippen LogP contribution in [-0.2, 0) is 0 Å². The van der Waals surface area contributed by atoms with Crippen LogP contribution in [0.2, 0.25) is 0 Å². The monoisotopic (exact) mass is 245 g/mol. The van der Waals surface area contributed by atoms with Gasteiger partial charge in [0.2, 0.25) is 0 Å². The Morgan fingerprint density at radius 2 is 1.83 bits per heavy atom. The van der Waals surface area contributed by atoms with Gasteiger partial charge in [0.05, 0.1) is 6.54 Å². The first kappa shape index (κ1) is 13.3. The zero-order valence-corrected chi connectivity index (χ0v) is 11.6. The molecular formula is C16H23NO. The molecule has 2 atom stereocenters. The number of likely N-dealkylation sites (tertiary alicyclic amines) is 1. The maximum Gasteiger partial charge on any atom is 0.177 e. The van der Waals surface area contributed by atoms with E-state index in [9.17, 15) is 4.79 Å². The summed E-state index contributed by atoms with van der Waals surface area (Å²) in [5.41, 5.74) is 1.96. The summed E-state index contributed by atoms with van der Waals surface area (Å²) in [7, 11) is 0. The van der Waals surface area contributed by atoms with Crippen LogP contribution >= 0.6 is 0 Å². The highest BCUT2D eigenvalue weighted by atomic mass is 16.1. The molecule has 0 aromatic heterocycles. The van der Waals surface area contributed by atoms with E-state index in [1.165, 1.54) is 6.42 Å². The Kier molecular flexibility index (Phi) is 4.18. The number of carbonyl (C=O) groups is 1. The number of rotatable bonds is 3. The van der Waals surface area contributed by atoms with Crippen molar-refractivity contribution >= 4 is 5.78 Å². The molecule has 98 valence electrons. The Labute approximate surface area is 110 Å². The number of nitrogens with zero attached hydrogens (tertiary/aromatic N) is 1. The van der Waals surface area contributed by atoms with E-state index in [0.717, 1.165) is 24.2 Å². The van der Waals surface area contributed by atoms with Gasteiger partial charge in [-0.2, -0.15) is 0 Å². The van der Waals surface area contributed by atoms with E-state index in [1.54, 1.807) is 0 Å². The molecule has 1 aliphatic rings. The molecule has 1 heterocycles. The summed E-state index contributed by atoms with van der Waals surface area (Å²) in [4.78, 5) is 14.6. The van der Waals surface area contributed by atoms with Gasteiger partial charge in [-0.15, -0.1) is 0 Å². The molecule has 1 aromatic carbocycles. The number of carbonyl (C=O) groups excluding carboxylic acids is 1. The minimum Gasteiger partial charge on any atom is -0.295 e. The molecule has 2 nitrogen and oxygen atoms in total. The van der Waals surface area contributed by atoms with Crippen molar-refractivity contribution in [3.05, 3.63) is 35.4 Å². The SMILES string of the molecule is Cc1ccccc1C(=O)CN1CC(C)CC(C)C1. The minimum atomic E-state index is 0.259. The molecule has 2 rings (SSSR count). The third-order valence-electron chi connectivity index (χ3n) is 3.76. The molecular weight excluding hydrogens is 222 g/mol. The van der Waals surface area contributed by atoms with Gasteiger partial charge in [0, 0.05) is 18.7 Å². The van der Waals surface area contributed by atoms with Gasteiger partial charge in [0.15, 0.2) is 5.78 Å². The normalized spacial score (nSPS) is 25.1. The highest BCUT2D eigenvalue weighted by Gasteiger charge is 2.23. The molecule has 0 aliphatic carbocycles. The van der Waals surface area contributed by atoms with Gasteiger partial charge >= 0.3 is 0 Å². The second-order valence-corrected chi connectivity index (χ2v) is 5.88. The lowest BCUT2D eigenvalue weighted by Gasteiger charge is -2.34. The fourth-order valence-electron chi connectivity index (χ4n) is 3.10. The van der Waals surface area contributed by atoms with Crippen LogP contribution in [0, 0.1) is 18.8 Å².